The number of aryl methyl sites for hydroxylation is 1. The predicted molar refractivity (Wildman–Crippen MR) is 97.9 cm³/mol. The van der Waals surface area contributed by atoms with Gasteiger partial charge in [0.2, 0.25) is 0 Å². The van der Waals surface area contributed by atoms with Crippen LogP contribution in [0.4, 0.5) is 26.3 Å². The van der Waals surface area contributed by atoms with Crippen LogP contribution in [0.3, 0.4) is 0 Å². The summed E-state index contributed by atoms with van der Waals surface area (Å²) in [4.78, 5) is 15.8. The van der Waals surface area contributed by atoms with E-state index in [2.05, 4.69) is 20.5 Å². The molecule has 1 aliphatic carbocycles. The van der Waals surface area contributed by atoms with Gasteiger partial charge in [0.25, 0.3) is 5.91 Å². The van der Waals surface area contributed by atoms with Gasteiger partial charge in [-0.15, -0.1) is 0 Å². The van der Waals surface area contributed by atoms with Crippen molar-refractivity contribution in [3.63, 3.8) is 0 Å². The molecule has 0 saturated heterocycles. The van der Waals surface area contributed by atoms with Gasteiger partial charge >= 0.3 is 12.4 Å². The minimum Gasteiger partial charge on any atom is -0.348 e. The maximum atomic E-state index is 13.0. The summed E-state index contributed by atoms with van der Waals surface area (Å²) in [6, 6.07) is 2.63. The summed E-state index contributed by atoms with van der Waals surface area (Å²) >= 11 is 0. The highest BCUT2D eigenvalue weighted by molar-refractivity contribution is 5.93. The maximum absolute atomic E-state index is 13.0. The number of hydrogen-bond donors (Lipinski definition) is 1. The molecule has 1 N–H and O–H groups in total. The van der Waals surface area contributed by atoms with Crippen LogP contribution in [-0.4, -0.2) is 36.5 Å². The first-order chi connectivity index (χ1) is 14.9. The molecule has 1 atom stereocenters. The molecule has 170 valence electrons. The molecule has 0 fully saturated rings. The molecule has 3 aromatic heterocycles. The number of fused-ring (bicyclic) bond motifs is 1. The van der Waals surface area contributed by atoms with Crippen LogP contribution < -0.4 is 5.32 Å². The molecular weight excluding hydrogens is 442 g/mol. The van der Waals surface area contributed by atoms with Gasteiger partial charge in [-0.25, -0.2) is 4.68 Å². The number of amides is 1. The van der Waals surface area contributed by atoms with Gasteiger partial charge in [-0.2, -0.15) is 36.5 Å². The molecule has 0 saturated carbocycles. The summed E-state index contributed by atoms with van der Waals surface area (Å²) in [6.07, 6.45) is -5.51. The third-order valence-electron chi connectivity index (χ3n) is 5.17. The summed E-state index contributed by atoms with van der Waals surface area (Å²) in [5, 5.41) is 10.2. The number of halogens is 6. The first-order valence-corrected chi connectivity index (χ1v) is 9.45. The average Bonchev–Trinajstić information content (AvgIpc) is 3.30. The van der Waals surface area contributed by atoms with E-state index in [-0.39, 0.29) is 17.4 Å². The number of rotatable bonds is 3. The fourth-order valence-corrected chi connectivity index (χ4v) is 3.65. The second-order valence-electron chi connectivity index (χ2n) is 7.37. The van der Waals surface area contributed by atoms with Crippen LogP contribution >= 0.6 is 0 Å². The van der Waals surface area contributed by atoms with E-state index in [1.165, 1.54) is 24.0 Å². The number of pyridine rings is 1. The lowest BCUT2D eigenvalue weighted by atomic mass is 9.93. The van der Waals surface area contributed by atoms with Gasteiger partial charge in [0.15, 0.2) is 5.69 Å². The molecule has 7 nitrogen and oxygen atoms in total. The second-order valence-corrected chi connectivity index (χ2v) is 7.37. The van der Waals surface area contributed by atoms with Gasteiger partial charge in [0.05, 0.1) is 11.9 Å². The van der Waals surface area contributed by atoms with Crippen molar-refractivity contribution in [3.8, 4) is 5.69 Å². The third kappa shape index (κ3) is 4.18. The van der Waals surface area contributed by atoms with Gasteiger partial charge in [-0.3, -0.25) is 14.5 Å². The van der Waals surface area contributed by atoms with Crippen LogP contribution in [0, 0.1) is 0 Å². The van der Waals surface area contributed by atoms with Crippen molar-refractivity contribution in [1.29, 1.82) is 0 Å². The third-order valence-corrected chi connectivity index (χ3v) is 5.17. The van der Waals surface area contributed by atoms with Crippen molar-refractivity contribution in [2.24, 2.45) is 7.05 Å². The number of carbonyl (C=O) groups excluding carboxylic acids is 1. The van der Waals surface area contributed by atoms with Crippen LogP contribution in [0.25, 0.3) is 5.69 Å². The standard InChI is InChI=1S/C19H16F6N6O/c1-30-14(8-16(29-30)19(23,24)25)17(32)28-11-2-3-13-10(6-11)9-27-31(13)12-4-5-26-15(7-12)18(20,21)22/h4-5,7-9,11H,2-3,6H2,1H3,(H,28,32)/t11-/m1/s1. The number of nitrogens with one attached hydrogen (secondary N) is 1. The summed E-state index contributed by atoms with van der Waals surface area (Å²) < 4.78 is 79.6. The van der Waals surface area contributed by atoms with Crippen LogP contribution in [0.1, 0.15) is 39.6 Å². The number of carbonyl (C=O) groups is 1. The topological polar surface area (TPSA) is 77.6 Å². The van der Waals surface area contributed by atoms with E-state index in [9.17, 15) is 31.1 Å². The van der Waals surface area contributed by atoms with Crippen molar-refractivity contribution in [1.82, 2.24) is 29.9 Å². The van der Waals surface area contributed by atoms with Gasteiger partial charge in [-0.1, -0.05) is 0 Å². The van der Waals surface area contributed by atoms with Gasteiger partial charge < -0.3 is 5.32 Å². The van der Waals surface area contributed by atoms with Crippen molar-refractivity contribution in [3.05, 3.63) is 58.9 Å². The largest absolute Gasteiger partial charge is 0.435 e. The smallest absolute Gasteiger partial charge is 0.348 e. The lowest BCUT2D eigenvalue weighted by molar-refractivity contribution is -0.142. The van der Waals surface area contributed by atoms with Crippen molar-refractivity contribution >= 4 is 5.91 Å². The first kappa shape index (κ1) is 21.8. The molecule has 0 aliphatic heterocycles. The minimum absolute atomic E-state index is 0.214. The summed E-state index contributed by atoms with van der Waals surface area (Å²) in [6.45, 7) is 0. The Morgan fingerprint density at radius 2 is 1.84 bits per heavy atom. The van der Waals surface area contributed by atoms with Crippen molar-refractivity contribution < 1.29 is 31.1 Å². The van der Waals surface area contributed by atoms with E-state index in [0.717, 1.165) is 22.5 Å². The molecule has 3 aromatic rings. The fourth-order valence-electron chi connectivity index (χ4n) is 3.65. The Labute approximate surface area is 177 Å². The molecule has 0 aromatic carbocycles. The van der Waals surface area contributed by atoms with Crippen LogP contribution in [0.15, 0.2) is 30.6 Å². The normalized spacial score (nSPS) is 16.7. The Morgan fingerprint density at radius 3 is 2.50 bits per heavy atom. The Balaban J connectivity index is 1.50. The number of aromatic nitrogens is 5. The van der Waals surface area contributed by atoms with Crippen LogP contribution in [0.5, 0.6) is 0 Å². The van der Waals surface area contributed by atoms with E-state index >= 15 is 0 Å². The zero-order valence-corrected chi connectivity index (χ0v) is 16.5. The van der Waals surface area contributed by atoms with Gasteiger partial charge in [0.1, 0.15) is 11.4 Å². The quantitative estimate of drug-likeness (QED) is 0.611. The van der Waals surface area contributed by atoms with Gasteiger partial charge in [0, 0.05) is 31.0 Å². The van der Waals surface area contributed by atoms with E-state index in [4.69, 9.17) is 0 Å². The van der Waals surface area contributed by atoms with Gasteiger partial charge in [-0.05, 0) is 37.0 Å². The second kappa shape index (κ2) is 7.64. The summed E-state index contributed by atoms with van der Waals surface area (Å²) in [5.41, 5.74) is -0.772. The van der Waals surface area contributed by atoms with E-state index in [1.807, 2.05) is 0 Å². The molecule has 1 amide bonds. The van der Waals surface area contributed by atoms with E-state index in [0.29, 0.717) is 31.0 Å². The molecule has 4 rings (SSSR count). The maximum Gasteiger partial charge on any atom is 0.435 e. The van der Waals surface area contributed by atoms with Crippen molar-refractivity contribution in [2.45, 2.75) is 37.7 Å². The van der Waals surface area contributed by atoms with Crippen LogP contribution in [-0.2, 0) is 32.2 Å². The zero-order valence-electron chi connectivity index (χ0n) is 16.5. The highest BCUT2D eigenvalue weighted by Gasteiger charge is 2.36. The molecule has 3 heterocycles. The molecule has 0 radical (unpaired) electrons. The van der Waals surface area contributed by atoms with Crippen LogP contribution in [0.2, 0.25) is 0 Å². The summed E-state index contributed by atoms with van der Waals surface area (Å²) in [5.74, 6) is -0.694. The SMILES string of the molecule is Cn1nc(C(F)(F)F)cc1C(=O)N[C@@H]1CCc2c(cnn2-c2ccnc(C(F)(F)F)c2)C1. The van der Waals surface area contributed by atoms with Crippen molar-refractivity contribution in [2.75, 3.05) is 0 Å². The fraction of sp³-hybridized carbons (Fsp3) is 0.368. The zero-order chi connectivity index (χ0) is 23.3. The Morgan fingerprint density at radius 1 is 1.12 bits per heavy atom. The highest BCUT2D eigenvalue weighted by Crippen LogP contribution is 2.31. The molecule has 1 aliphatic rings. The lowest BCUT2D eigenvalue weighted by Crippen LogP contribution is -2.39. The highest BCUT2D eigenvalue weighted by atomic mass is 19.4. The number of hydrogen-bond acceptors (Lipinski definition) is 4. The lowest BCUT2D eigenvalue weighted by Gasteiger charge is -2.24. The Kier molecular flexibility index (Phi) is 5.21. The molecule has 13 heteroatoms. The molecule has 0 spiro atoms. The monoisotopic (exact) mass is 458 g/mol. The molecule has 32 heavy (non-hydrogen) atoms. The Hall–Kier alpha value is -3.38. The van der Waals surface area contributed by atoms with E-state index < -0.39 is 29.6 Å². The number of alkyl halides is 6. The van der Waals surface area contributed by atoms with E-state index in [1.54, 1.807) is 0 Å². The molecule has 0 bridgehead atoms. The molecule has 0 unspecified atom stereocenters. The number of nitrogens with zero attached hydrogens (tertiary/aromatic N) is 5. The average molecular weight is 458 g/mol. The summed E-state index contributed by atoms with van der Waals surface area (Å²) in [7, 11) is 1.25. The molecular formula is C19H16F6N6O. The predicted octanol–water partition coefficient (Wildman–Crippen LogP) is 3.33. The Bertz CT molecular complexity index is 1160. The first-order valence-electron chi connectivity index (χ1n) is 9.45. The minimum atomic E-state index is -4.66.